The van der Waals surface area contributed by atoms with Gasteiger partial charge in [0.25, 0.3) is 0 Å². The Bertz CT molecular complexity index is 554. The molecule has 0 fully saturated rings. The molecule has 0 aliphatic carbocycles. The average Bonchev–Trinajstić information content (AvgIpc) is 2.50. The van der Waals surface area contributed by atoms with Crippen molar-refractivity contribution in [2.45, 2.75) is 13.8 Å². The largest absolute Gasteiger partial charge is 0.335 e. The molecule has 4 heteroatoms. The van der Waals surface area contributed by atoms with Crippen LogP contribution < -0.4 is 0 Å². The second-order valence-corrected chi connectivity index (χ2v) is 3.95. The van der Waals surface area contributed by atoms with Crippen LogP contribution in [0.3, 0.4) is 0 Å². The highest BCUT2D eigenvalue weighted by Crippen LogP contribution is 2.16. The molecule has 0 saturated carbocycles. The third-order valence-corrected chi connectivity index (χ3v) is 2.51. The van der Waals surface area contributed by atoms with Gasteiger partial charge in [-0.05, 0) is 43.8 Å². The van der Waals surface area contributed by atoms with Crippen molar-refractivity contribution in [2.24, 2.45) is 0 Å². The van der Waals surface area contributed by atoms with Gasteiger partial charge in [0.15, 0.2) is 4.77 Å². The van der Waals surface area contributed by atoms with Crippen LogP contribution in [0.1, 0.15) is 11.3 Å². The predicted molar refractivity (Wildman–Crippen MR) is 60.4 cm³/mol. The molecule has 2 nitrogen and oxygen atoms in total. The Hall–Kier alpha value is -1.42. The second kappa shape index (κ2) is 3.62. The Kier molecular flexibility index (Phi) is 2.44. The Morgan fingerprint density at radius 3 is 2.67 bits per heavy atom. The topological polar surface area (TPSA) is 20.7 Å². The first-order chi connectivity index (χ1) is 7.08. The van der Waals surface area contributed by atoms with Gasteiger partial charge in [0.2, 0.25) is 0 Å². The fraction of sp³-hybridized carbons (Fsp3) is 0.182. The summed E-state index contributed by atoms with van der Waals surface area (Å²) in [6, 6.07) is 4.97. The van der Waals surface area contributed by atoms with E-state index >= 15 is 0 Å². The van der Waals surface area contributed by atoms with Crippen molar-refractivity contribution in [3.8, 4) is 5.69 Å². The Morgan fingerprint density at radius 2 is 2.07 bits per heavy atom. The van der Waals surface area contributed by atoms with Crippen molar-refractivity contribution in [3.63, 3.8) is 0 Å². The number of rotatable bonds is 1. The minimum atomic E-state index is -0.268. The Balaban J connectivity index is 2.68. The normalized spacial score (nSPS) is 10.6. The molecule has 0 atom stereocenters. The standard InChI is InChI=1S/C11H11FN2S/c1-7-3-4-9(12)10(5-7)14-6-8(2)13-11(14)15/h3-6H,1-2H3,(H,13,15). The van der Waals surface area contributed by atoms with E-state index in [0.29, 0.717) is 10.5 Å². The van der Waals surface area contributed by atoms with Crippen molar-refractivity contribution in [1.29, 1.82) is 0 Å². The van der Waals surface area contributed by atoms with Crippen molar-refractivity contribution in [3.05, 3.63) is 46.2 Å². The molecule has 1 aromatic heterocycles. The maximum absolute atomic E-state index is 13.6. The number of H-pyrrole nitrogens is 1. The molecule has 78 valence electrons. The number of aromatic nitrogens is 2. The number of aryl methyl sites for hydroxylation is 2. The molecule has 0 amide bonds. The lowest BCUT2D eigenvalue weighted by Gasteiger charge is -2.04. The molecule has 0 bridgehead atoms. The number of nitrogens with zero attached hydrogens (tertiary/aromatic N) is 1. The van der Waals surface area contributed by atoms with Gasteiger partial charge in [-0.25, -0.2) is 4.39 Å². The molecule has 2 rings (SSSR count). The summed E-state index contributed by atoms with van der Waals surface area (Å²) in [6.45, 7) is 3.81. The van der Waals surface area contributed by atoms with Crippen LogP contribution >= 0.6 is 12.2 Å². The van der Waals surface area contributed by atoms with Gasteiger partial charge in [-0.3, -0.25) is 4.57 Å². The van der Waals surface area contributed by atoms with E-state index in [4.69, 9.17) is 12.2 Å². The quantitative estimate of drug-likeness (QED) is 0.734. The van der Waals surface area contributed by atoms with E-state index in [0.717, 1.165) is 11.3 Å². The van der Waals surface area contributed by atoms with E-state index in [2.05, 4.69) is 4.98 Å². The van der Waals surface area contributed by atoms with Crippen LogP contribution in [-0.2, 0) is 0 Å². The Labute approximate surface area is 92.4 Å². The lowest BCUT2D eigenvalue weighted by molar-refractivity contribution is 0.617. The number of benzene rings is 1. The van der Waals surface area contributed by atoms with Crippen LogP contribution in [0.5, 0.6) is 0 Å². The third kappa shape index (κ3) is 1.85. The first-order valence-corrected chi connectivity index (χ1v) is 5.03. The van der Waals surface area contributed by atoms with E-state index < -0.39 is 0 Å². The summed E-state index contributed by atoms with van der Waals surface area (Å²) in [5.74, 6) is -0.268. The minimum absolute atomic E-state index is 0.268. The zero-order valence-electron chi connectivity index (χ0n) is 8.54. The molecule has 0 radical (unpaired) electrons. The molecular weight excluding hydrogens is 211 g/mol. The number of halogens is 1. The molecule has 1 aromatic carbocycles. The highest BCUT2D eigenvalue weighted by molar-refractivity contribution is 7.71. The number of aromatic amines is 1. The first kappa shape index (κ1) is 10.1. The number of hydrogen-bond donors (Lipinski definition) is 1. The minimum Gasteiger partial charge on any atom is -0.335 e. The Morgan fingerprint density at radius 1 is 1.33 bits per heavy atom. The van der Waals surface area contributed by atoms with Crippen LogP contribution in [0.15, 0.2) is 24.4 Å². The summed E-state index contributed by atoms with van der Waals surface area (Å²) in [5.41, 5.74) is 2.41. The van der Waals surface area contributed by atoms with Gasteiger partial charge in [0.05, 0.1) is 5.69 Å². The van der Waals surface area contributed by atoms with Gasteiger partial charge in [0, 0.05) is 11.9 Å². The fourth-order valence-electron chi connectivity index (χ4n) is 1.50. The van der Waals surface area contributed by atoms with E-state index in [1.165, 1.54) is 6.07 Å². The second-order valence-electron chi connectivity index (χ2n) is 3.57. The summed E-state index contributed by atoms with van der Waals surface area (Å²) in [5, 5.41) is 0. The molecule has 1 heterocycles. The third-order valence-electron chi connectivity index (χ3n) is 2.21. The number of hydrogen-bond acceptors (Lipinski definition) is 1. The predicted octanol–water partition coefficient (Wildman–Crippen LogP) is 3.29. The average molecular weight is 222 g/mol. The van der Waals surface area contributed by atoms with Crippen molar-refractivity contribution in [1.82, 2.24) is 9.55 Å². The molecule has 0 aliphatic heterocycles. The van der Waals surface area contributed by atoms with E-state index in [1.807, 2.05) is 13.8 Å². The molecule has 0 unspecified atom stereocenters. The van der Waals surface area contributed by atoms with Gasteiger partial charge in [-0.15, -0.1) is 0 Å². The van der Waals surface area contributed by atoms with Crippen LogP contribution in [-0.4, -0.2) is 9.55 Å². The number of imidazole rings is 1. The van der Waals surface area contributed by atoms with E-state index in [-0.39, 0.29) is 5.82 Å². The molecule has 0 spiro atoms. The zero-order valence-corrected chi connectivity index (χ0v) is 9.36. The lowest BCUT2D eigenvalue weighted by atomic mass is 10.2. The van der Waals surface area contributed by atoms with Crippen LogP contribution in [0, 0.1) is 24.4 Å². The summed E-state index contributed by atoms with van der Waals surface area (Å²) in [6.07, 6.45) is 1.79. The molecule has 2 aromatic rings. The van der Waals surface area contributed by atoms with Gasteiger partial charge in [-0.2, -0.15) is 0 Å². The highest BCUT2D eigenvalue weighted by atomic mass is 32.1. The smallest absolute Gasteiger partial charge is 0.182 e. The molecular formula is C11H11FN2S. The molecule has 1 N–H and O–H groups in total. The first-order valence-electron chi connectivity index (χ1n) is 4.63. The van der Waals surface area contributed by atoms with Gasteiger partial charge < -0.3 is 4.98 Å². The van der Waals surface area contributed by atoms with Gasteiger partial charge >= 0.3 is 0 Å². The van der Waals surface area contributed by atoms with Crippen LogP contribution in [0.4, 0.5) is 4.39 Å². The SMILES string of the molecule is Cc1ccc(F)c(-n2cc(C)[nH]c2=S)c1. The number of nitrogens with one attached hydrogen (secondary N) is 1. The lowest BCUT2D eigenvalue weighted by Crippen LogP contribution is -1.96. The van der Waals surface area contributed by atoms with Crippen molar-refractivity contribution in [2.75, 3.05) is 0 Å². The van der Waals surface area contributed by atoms with Crippen molar-refractivity contribution < 1.29 is 4.39 Å². The molecule has 15 heavy (non-hydrogen) atoms. The van der Waals surface area contributed by atoms with Gasteiger partial charge in [-0.1, -0.05) is 6.07 Å². The maximum atomic E-state index is 13.6. The molecule has 0 aliphatic rings. The zero-order chi connectivity index (χ0) is 11.0. The molecule has 0 saturated heterocycles. The van der Waals surface area contributed by atoms with Crippen molar-refractivity contribution >= 4 is 12.2 Å². The van der Waals surface area contributed by atoms with Crippen LogP contribution in [0.25, 0.3) is 5.69 Å². The summed E-state index contributed by atoms with van der Waals surface area (Å²) in [7, 11) is 0. The maximum Gasteiger partial charge on any atom is 0.182 e. The van der Waals surface area contributed by atoms with E-state index in [1.54, 1.807) is 22.9 Å². The van der Waals surface area contributed by atoms with Crippen LogP contribution in [0.2, 0.25) is 0 Å². The fourth-order valence-corrected chi connectivity index (χ4v) is 1.81. The monoisotopic (exact) mass is 222 g/mol. The highest BCUT2D eigenvalue weighted by Gasteiger charge is 2.06. The van der Waals surface area contributed by atoms with E-state index in [9.17, 15) is 4.39 Å². The summed E-state index contributed by atoms with van der Waals surface area (Å²) in [4.78, 5) is 2.96. The summed E-state index contributed by atoms with van der Waals surface area (Å²) < 4.78 is 15.7. The van der Waals surface area contributed by atoms with Gasteiger partial charge in [0.1, 0.15) is 5.82 Å². The summed E-state index contributed by atoms with van der Waals surface area (Å²) >= 11 is 5.10.